The van der Waals surface area contributed by atoms with Gasteiger partial charge in [-0.1, -0.05) is 0 Å². The predicted molar refractivity (Wildman–Crippen MR) is 48.0 cm³/mol. The van der Waals surface area contributed by atoms with Crippen LogP contribution in [0.3, 0.4) is 0 Å². The van der Waals surface area contributed by atoms with Gasteiger partial charge in [0, 0.05) is 5.56 Å². The van der Waals surface area contributed by atoms with Gasteiger partial charge in [0.1, 0.15) is 11.6 Å². The van der Waals surface area contributed by atoms with Crippen LogP contribution in [0.15, 0.2) is 24.3 Å². The molecule has 0 heterocycles. The normalized spacial score (nSPS) is 10.5. The second-order valence-electron chi connectivity index (χ2n) is 2.67. The van der Waals surface area contributed by atoms with E-state index >= 15 is 0 Å². The number of halogens is 2. The summed E-state index contributed by atoms with van der Waals surface area (Å²) in [7, 11) is 0. The monoisotopic (exact) mass is 212 g/mol. The van der Waals surface area contributed by atoms with Crippen molar-refractivity contribution in [2.75, 3.05) is 0 Å². The summed E-state index contributed by atoms with van der Waals surface area (Å²) in [5.41, 5.74) is -0.176. The van der Waals surface area contributed by atoms with Crippen LogP contribution in [0.1, 0.15) is 5.56 Å². The maximum atomic E-state index is 12.9. The first-order valence-electron chi connectivity index (χ1n) is 3.91. The van der Waals surface area contributed by atoms with Gasteiger partial charge in [-0.3, -0.25) is 4.79 Å². The van der Waals surface area contributed by atoms with E-state index in [2.05, 4.69) is 0 Å². The Morgan fingerprint density at radius 2 is 1.93 bits per heavy atom. The third-order valence-corrected chi connectivity index (χ3v) is 1.58. The Balaban J connectivity index is 2.94. The summed E-state index contributed by atoms with van der Waals surface area (Å²) < 4.78 is 25.6. The lowest BCUT2D eigenvalue weighted by Gasteiger charge is -1.95. The van der Waals surface area contributed by atoms with E-state index in [0.717, 1.165) is 24.3 Å². The van der Waals surface area contributed by atoms with Gasteiger partial charge in [0.2, 0.25) is 0 Å². The predicted octanol–water partition coefficient (Wildman–Crippen LogP) is 1.63. The van der Waals surface area contributed by atoms with Crippen LogP contribution in [-0.4, -0.2) is 16.9 Å². The molecule has 1 rings (SSSR count). The Morgan fingerprint density at radius 1 is 1.27 bits per heavy atom. The quantitative estimate of drug-likeness (QED) is 0.612. The highest BCUT2D eigenvalue weighted by molar-refractivity contribution is 6.38. The van der Waals surface area contributed by atoms with Crippen molar-refractivity contribution in [2.24, 2.45) is 0 Å². The van der Waals surface area contributed by atoms with Crippen molar-refractivity contribution in [1.82, 2.24) is 0 Å². The second-order valence-corrected chi connectivity index (χ2v) is 2.67. The number of hydrogen-bond acceptors (Lipinski definition) is 2. The molecule has 0 radical (unpaired) electrons. The van der Waals surface area contributed by atoms with Crippen LogP contribution in [0.4, 0.5) is 8.78 Å². The van der Waals surface area contributed by atoms with E-state index in [1.807, 2.05) is 0 Å². The summed E-state index contributed by atoms with van der Waals surface area (Å²) in [5, 5.41) is 8.22. The zero-order chi connectivity index (χ0) is 11.4. The highest BCUT2D eigenvalue weighted by atomic mass is 19.1. The van der Waals surface area contributed by atoms with Gasteiger partial charge >= 0.3 is 5.97 Å². The van der Waals surface area contributed by atoms with Crippen LogP contribution in [0.2, 0.25) is 0 Å². The number of carbonyl (C=O) groups is 2. The van der Waals surface area contributed by atoms with Gasteiger partial charge in [-0.2, -0.15) is 0 Å². The molecule has 15 heavy (non-hydrogen) atoms. The van der Waals surface area contributed by atoms with E-state index in [-0.39, 0.29) is 5.56 Å². The molecular weight excluding hydrogens is 206 g/mol. The van der Waals surface area contributed by atoms with Crippen molar-refractivity contribution < 1.29 is 23.5 Å². The van der Waals surface area contributed by atoms with Gasteiger partial charge in [0.15, 0.2) is 0 Å². The molecular formula is C10H6F2O3. The Kier molecular flexibility index (Phi) is 3.28. The molecule has 78 valence electrons. The molecule has 0 aromatic heterocycles. The molecule has 0 aliphatic heterocycles. The first-order chi connectivity index (χ1) is 7.00. The fourth-order valence-electron chi connectivity index (χ4n) is 0.879. The number of hydrogen-bond donors (Lipinski definition) is 1. The van der Waals surface area contributed by atoms with Crippen molar-refractivity contribution in [3.05, 3.63) is 41.5 Å². The molecule has 0 aliphatic rings. The van der Waals surface area contributed by atoms with Crippen molar-refractivity contribution in [2.45, 2.75) is 0 Å². The number of ketones is 1. The number of carbonyl (C=O) groups excluding carboxylic acids is 1. The molecule has 3 nitrogen and oxygen atoms in total. The molecule has 1 N–H and O–H groups in total. The summed E-state index contributed by atoms with van der Waals surface area (Å²) in [6.45, 7) is 0. The van der Waals surface area contributed by atoms with Crippen LogP contribution in [0.5, 0.6) is 0 Å². The van der Waals surface area contributed by atoms with Gasteiger partial charge in [-0.15, -0.1) is 0 Å². The molecule has 0 atom stereocenters. The lowest BCUT2D eigenvalue weighted by Crippen LogP contribution is -2.08. The Hall–Kier alpha value is -2.04. The number of carboxylic acid groups (broad SMARTS) is 1. The van der Waals surface area contributed by atoms with Gasteiger partial charge in [-0.25, -0.2) is 13.6 Å². The van der Waals surface area contributed by atoms with E-state index in [1.165, 1.54) is 0 Å². The summed E-state index contributed by atoms with van der Waals surface area (Å²) in [5.74, 6) is -4.24. The smallest absolute Gasteiger partial charge is 0.376 e. The molecule has 1 aromatic carbocycles. The molecule has 0 saturated carbocycles. The maximum absolute atomic E-state index is 12.9. The lowest BCUT2D eigenvalue weighted by molar-refractivity contribution is -0.146. The van der Waals surface area contributed by atoms with Gasteiger partial charge in [0.05, 0.1) is 0 Å². The minimum Gasteiger partial charge on any atom is -0.475 e. The van der Waals surface area contributed by atoms with Crippen LogP contribution in [-0.2, 0) is 9.59 Å². The van der Waals surface area contributed by atoms with Crippen LogP contribution in [0.25, 0.3) is 6.08 Å². The minimum absolute atomic E-state index is 0.176. The van der Waals surface area contributed by atoms with E-state index in [4.69, 9.17) is 5.11 Å². The molecule has 5 heteroatoms. The number of carboxylic acids is 1. The van der Waals surface area contributed by atoms with Crippen molar-refractivity contribution >= 4 is 17.8 Å². The highest BCUT2D eigenvalue weighted by Crippen LogP contribution is 2.11. The molecule has 0 aliphatic carbocycles. The SMILES string of the molecule is O=C(O)C(=O)/C=C/c1cc(F)ccc1F. The standard InChI is InChI=1S/C10H6F2O3/c11-7-2-3-8(12)6(5-7)1-4-9(13)10(14)15/h1-5H,(H,14,15)/b4-1+. The molecule has 0 bridgehead atoms. The van der Waals surface area contributed by atoms with Crippen LogP contribution in [0, 0.1) is 11.6 Å². The topological polar surface area (TPSA) is 54.4 Å². The molecule has 1 aromatic rings. The first kappa shape index (κ1) is 11.0. The Morgan fingerprint density at radius 3 is 2.53 bits per heavy atom. The van der Waals surface area contributed by atoms with Crippen molar-refractivity contribution in [1.29, 1.82) is 0 Å². The zero-order valence-corrected chi connectivity index (χ0v) is 7.41. The first-order valence-corrected chi connectivity index (χ1v) is 3.91. The molecule has 0 spiro atoms. The summed E-state index contributed by atoms with van der Waals surface area (Å²) in [6, 6.07) is 2.67. The van der Waals surface area contributed by atoms with E-state index in [1.54, 1.807) is 0 Å². The summed E-state index contributed by atoms with van der Waals surface area (Å²) >= 11 is 0. The molecule has 0 amide bonds. The molecule has 0 fully saturated rings. The number of benzene rings is 1. The third-order valence-electron chi connectivity index (χ3n) is 1.58. The fourth-order valence-corrected chi connectivity index (χ4v) is 0.879. The Bertz CT molecular complexity index is 438. The van der Waals surface area contributed by atoms with Gasteiger partial charge in [-0.05, 0) is 30.4 Å². The van der Waals surface area contributed by atoms with E-state index in [0.29, 0.717) is 6.08 Å². The highest BCUT2D eigenvalue weighted by Gasteiger charge is 2.07. The van der Waals surface area contributed by atoms with Crippen molar-refractivity contribution in [3.63, 3.8) is 0 Å². The average molecular weight is 212 g/mol. The molecule has 0 saturated heterocycles. The zero-order valence-electron chi connectivity index (χ0n) is 7.41. The fraction of sp³-hybridized carbons (Fsp3) is 0. The maximum Gasteiger partial charge on any atom is 0.376 e. The van der Waals surface area contributed by atoms with E-state index < -0.39 is 23.4 Å². The number of rotatable bonds is 3. The summed E-state index contributed by atoms with van der Waals surface area (Å²) in [6.07, 6.45) is 1.58. The third kappa shape index (κ3) is 2.98. The van der Waals surface area contributed by atoms with Gasteiger partial charge < -0.3 is 5.11 Å². The summed E-state index contributed by atoms with van der Waals surface area (Å²) in [4.78, 5) is 20.7. The van der Waals surface area contributed by atoms with Gasteiger partial charge in [0.25, 0.3) is 5.78 Å². The van der Waals surface area contributed by atoms with E-state index in [9.17, 15) is 18.4 Å². The Labute approximate surface area is 83.6 Å². The van der Waals surface area contributed by atoms with Crippen LogP contribution >= 0.6 is 0 Å². The molecule has 0 unspecified atom stereocenters. The van der Waals surface area contributed by atoms with Crippen LogP contribution < -0.4 is 0 Å². The largest absolute Gasteiger partial charge is 0.475 e. The van der Waals surface area contributed by atoms with Crippen molar-refractivity contribution in [3.8, 4) is 0 Å². The lowest BCUT2D eigenvalue weighted by atomic mass is 10.2. The number of aliphatic carboxylic acids is 1. The second kappa shape index (κ2) is 4.45. The minimum atomic E-state index is -1.65. The average Bonchev–Trinajstić information content (AvgIpc) is 2.18.